The third kappa shape index (κ3) is 3.85. The van der Waals surface area contributed by atoms with Gasteiger partial charge in [0.05, 0.1) is 12.7 Å². The van der Waals surface area contributed by atoms with Crippen molar-refractivity contribution < 1.29 is 27.5 Å². The van der Waals surface area contributed by atoms with Gasteiger partial charge in [-0.1, -0.05) is 0 Å². The van der Waals surface area contributed by atoms with E-state index in [1.165, 1.54) is 6.92 Å². The van der Waals surface area contributed by atoms with E-state index < -0.39 is 23.7 Å². The fourth-order valence-electron chi connectivity index (χ4n) is 2.20. The summed E-state index contributed by atoms with van der Waals surface area (Å²) < 4.78 is 42.1. The lowest BCUT2D eigenvalue weighted by molar-refractivity contribution is 0.0278. The van der Waals surface area contributed by atoms with E-state index in [9.17, 15) is 13.6 Å². The summed E-state index contributed by atoms with van der Waals surface area (Å²) in [7, 11) is 1.56. The van der Waals surface area contributed by atoms with Gasteiger partial charge in [-0.25, -0.2) is 13.6 Å². The number of benzene rings is 2. The van der Waals surface area contributed by atoms with Crippen molar-refractivity contribution >= 4 is 5.97 Å². The fraction of sp³-hybridized carbons (Fsp3) is 0.167. The third-order valence-corrected chi connectivity index (χ3v) is 3.51. The maximum atomic E-state index is 13.2. The number of rotatable bonds is 5. The molecule has 1 aromatic heterocycles. The number of nitrogens with zero attached hydrogens (tertiary/aromatic N) is 2. The summed E-state index contributed by atoms with van der Waals surface area (Å²) in [4.78, 5) is 12.0. The Bertz CT molecular complexity index is 905. The van der Waals surface area contributed by atoms with Gasteiger partial charge < -0.3 is 13.9 Å². The molecule has 0 fully saturated rings. The molecule has 0 aliphatic rings. The molecule has 0 unspecified atom stereocenters. The number of ether oxygens (including phenoxy) is 2. The highest BCUT2D eigenvalue weighted by Crippen LogP contribution is 2.25. The van der Waals surface area contributed by atoms with Crippen LogP contribution in [0.5, 0.6) is 5.75 Å². The monoisotopic (exact) mass is 360 g/mol. The highest BCUT2D eigenvalue weighted by Gasteiger charge is 2.21. The predicted octanol–water partition coefficient (Wildman–Crippen LogP) is 3.94. The Morgan fingerprint density at radius 2 is 1.73 bits per heavy atom. The number of hydrogen-bond acceptors (Lipinski definition) is 6. The molecule has 2 aromatic carbocycles. The Kier molecular flexibility index (Phi) is 4.92. The van der Waals surface area contributed by atoms with Gasteiger partial charge in [-0.3, -0.25) is 0 Å². The summed E-state index contributed by atoms with van der Waals surface area (Å²) in [6.45, 7) is 1.51. The van der Waals surface area contributed by atoms with Crippen LogP contribution in [0.15, 0.2) is 46.9 Å². The molecule has 0 amide bonds. The van der Waals surface area contributed by atoms with Crippen molar-refractivity contribution in [3.05, 3.63) is 65.6 Å². The molecule has 1 heterocycles. The Hall–Kier alpha value is -3.29. The average molecular weight is 360 g/mol. The standard InChI is InChI=1S/C18H14F2N2O4/c1-10(25-18(23)12-7-13(19)9-14(20)8-12)16-21-22-17(26-16)11-3-5-15(24-2)6-4-11/h3-10H,1-2H3/t10-/m0/s1. The van der Waals surface area contributed by atoms with Gasteiger partial charge in [-0.15, -0.1) is 10.2 Å². The van der Waals surface area contributed by atoms with Gasteiger partial charge in [0, 0.05) is 11.6 Å². The summed E-state index contributed by atoms with van der Waals surface area (Å²) in [5, 5.41) is 7.75. The lowest BCUT2D eigenvalue weighted by Crippen LogP contribution is -2.10. The van der Waals surface area contributed by atoms with E-state index in [-0.39, 0.29) is 17.3 Å². The van der Waals surface area contributed by atoms with Gasteiger partial charge in [0.15, 0.2) is 6.10 Å². The van der Waals surface area contributed by atoms with Gasteiger partial charge in [0.1, 0.15) is 17.4 Å². The molecule has 3 aromatic rings. The van der Waals surface area contributed by atoms with Crippen LogP contribution in [-0.2, 0) is 4.74 Å². The second kappa shape index (κ2) is 7.30. The van der Waals surface area contributed by atoms with Crippen LogP contribution < -0.4 is 4.74 Å². The van der Waals surface area contributed by atoms with Gasteiger partial charge >= 0.3 is 5.97 Å². The molecule has 26 heavy (non-hydrogen) atoms. The minimum Gasteiger partial charge on any atom is -0.497 e. The molecule has 0 saturated carbocycles. The largest absolute Gasteiger partial charge is 0.497 e. The third-order valence-electron chi connectivity index (χ3n) is 3.51. The van der Waals surface area contributed by atoms with Crippen LogP contribution in [0.4, 0.5) is 8.78 Å². The van der Waals surface area contributed by atoms with E-state index in [1.54, 1.807) is 31.4 Å². The first-order valence-electron chi connectivity index (χ1n) is 7.61. The maximum Gasteiger partial charge on any atom is 0.339 e. The van der Waals surface area contributed by atoms with Gasteiger partial charge in [0.2, 0.25) is 5.89 Å². The van der Waals surface area contributed by atoms with Crippen molar-refractivity contribution in [2.45, 2.75) is 13.0 Å². The normalized spacial score (nSPS) is 11.8. The molecule has 8 heteroatoms. The lowest BCUT2D eigenvalue weighted by atomic mass is 10.2. The summed E-state index contributed by atoms with van der Waals surface area (Å²) in [6, 6.07) is 9.38. The van der Waals surface area contributed by atoms with E-state index >= 15 is 0 Å². The first kappa shape index (κ1) is 17.5. The maximum absolute atomic E-state index is 13.2. The van der Waals surface area contributed by atoms with Crippen molar-refractivity contribution in [1.29, 1.82) is 0 Å². The molecule has 1 atom stereocenters. The molecule has 6 nitrogen and oxygen atoms in total. The molecule has 0 N–H and O–H groups in total. The molecule has 3 rings (SSSR count). The molecule has 0 saturated heterocycles. The Balaban J connectivity index is 1.73. The number of halogens is 2. The second-order valence-corrected chi connectivity index (χ2v) is 5.38. The van der Waals surface area contributed by atoms with Crippen LogP contribution in [0.2, 0.25) is 0 Å². The Morgan fingerprint density at radius 1 is 1.08 bits per heavy atom. The zero-order valence-electron chi connectivity index (χ0n) is 13.9. The van der Waals surface area contributed by atoms with E-state index in [0.717, 1.165) is 12.1 Å². The summed E-state index contributed by atoms with van der Waals surface area (Å²) >= 11 is 0. The van der Waals surface area contributed by atoms with Gasteiger partial charge in [0.25, 0.3) is 5.89 Å². The minimum atomic E-state index is -0.903. The number of hydrogen-bond donors (Lipinski definition) is 0. The molecular weight excluding hydrogens is 346 g/mol. The molecule has 0 bridgehead atoms. The molecule has 134 valence electrons. The molecule has 0 spiro atoms. The fourth-order valence-corrected chi connectivity index (χ4v) is 2.20. The van der Waals surface area contributed by atoms with Crippen LogP contribution in [0, 0.1) is 11.6 Å². The second-order valence-electron chi connectivity index (χ2n) is 5.38. The first-order chi connectivity index (χ1) is 12.5. The topological polar surface area (TPSA) is 74.5 Å². The van der Waals surface area contributed by atoms with Crippen molar-refractivity contribution in [1.82, 2.24) is 10.2 Å². The van der Waals surface area contributed by atoms with Crippen LogP contribution in [0.1, 0.15) is 29.3 Å². The van der Waals surface area contributed by atoms with Crippen molar-refractivity contribution in [2.24, 2.45) is 0 Å². The number of aromatic nitrogens is 2. The molecular formula is C18H14F2N2O4. The molecule has 0 aliphatic carbocycles. The van der Waals surface area contributed by atoms with Gasteiger partial charge in [-0.2, -0.15) is 0 Å². The molecule has 0 aliphatic heterocycles. The zero-order chi connectivity index (χ0) is 18.7. The summed E-state index contributed by atoms with van der Waals surface area (Å²) in [5.74, 6) is -1.67. The van der Waals surface area contributed by atoms with Crippen LogP contribution >= 0.6 is 0 Å². The van der Waals surface area contributed by atoms with Crippen LogP contribution in [-0.4, -0.2) is 23.3 Å². The number of esters is 1. The average Bonchev–Trinajstić information content (AvgIpc) is 3.11. The molecule has 0 radical (unpaired) electrons. The quantitative estimate of drug-likeness (QED) is 0.642. The zero-order valence-corrected chi connectivity index (χ0v) is 13.9. The number of carbonyl (C=O) groups is 1. The Labute approximate surface area is 147 Å². The highest BCUT2D eigenvalue weighted by molar-refractivity contribution is 5.89. The highest BCUT2D eigenvalue weighted by atomic mass is 19.1. The van der Waals surface area contributed by atoms with E-state index in [0.29, 0.717) is 17.4 Å². The van der Waals surface area contributed by atoms with E-state index in [2.05, 4.69) is 10.2 Å². The van der Waals surface area contributed by atoms with Crippen LogP contribution in [0.25, 0.3) is 11.5 Å². The Morgan fingerprint density at radius 3 is 2.35 bits per heavy atom. The SMILES string of the molecule is COc1ccc(-c2nnc([C@H](C)OC(=O)c3cc(F)cc(F)c3)o2)cc1. The van der Waals surface area contributed by atoms with Crippen molar-refractivity contribution in [3.8, 4) is 17.2 Å². The smallest absolute Gasteiger partial charge is 0.339 e. The van der Waals surface area contributed by atoms with Crippen LogP contribution in [0.3, 0.4) is 0 Å². The first-order valence-corrected chi connectivity index (χ1v) is 7.61. The van der Waals surface area contributed by atoms with Gasteiger partial charge in [-0.05, 0) is 43.3 Å². The summed E-state index contributed by atoms with van der Waals surface area (Å²) in [5.41, 5.74) is 0.416. The number of carbonyl (C=O) groups excluding carboxylic acids is 1. The summed E-state index contributed by atoms with van der Waals surface area (Å²) in [6.07, 6.45) is -0.895. The van der Waals surface area contributed by atoms with Crippen molar-refractivity contribution in [2.75, 3.05) is 7.11 Å². The number of methoxy groups -OCH3 is 1. The minimum absolute atomic E-state index is 0.0565. The lowest BCUT2D eigenvalue weighted by Gasteiger charge is -2.09. The van der Waals surface area contributed by atoms with E-state index in [4.69, 9.17) is 13.9 Å². The van der Waals surface area contributed by atoms with Crippen molar-refractivity contribution in [3.63, 3.8) is 0 Å². The van der Waals surface area contributed by atoms with E-state index in [1.807, 2.05) is 0 Å². The predicted molar refractivity (Wildman–Crippen MR) is 86.5 cm³/mol.